The third-order valence-electron chi connectivity index (χ3n) is 11.0. The predicted molar refractivity (Wildman–Crippen MR) is 218 cm³/mol. The van der Waals surface area contributed by atoms with Gasteiger partial charge >= 0.3 is 0 Å². The summed E-state index contributed by atoms with van der Waals surface area (Å²) < 4.78 is 21.7. The molecule has 0 radical (unpaired) electrons. The first-order valence-electron chi connectivity index (χ1n) is 20.0. The quantitative estimate of drug-likeness (QED) is 0.0387. The zero-order valence-electron chi connectivity index (χ0n) is 32.7. The Bertz CT molecular complexity index is 2280. The Labute approximate surface area is 355 Å². The van der Waals surface area contributed by atoms with E-state index >= 15 is 0 Å². The molecule has 2 fully saturated rings. The molecule has 2 aromatic heterocycles. The van der Waals surface area contributed by atoms with Gasteiger partial charge in [-0.25, -0.2) is 9.37 Å². The number of carbonyl (C=O) groups is 5. The second-order valence-electron chi connectivity index (χ2n) is 14.9. The number of rotatable bonds is 17. The number of nitrogens with zero attached hydrogens (tertiary/aromatic N) is 5. The average Bonchev–Trinajstić information content (AvgIpc) is 3.83. The number of aromatic nitrogens is 3. The molecule has 18 heteroatoms. The highest BCUT2D eigenvalue weighted by Gasteiger charge is 2.46. The van der Waals surface area contributed by atoms with Crippen molar-refractivity contribution in [2.24, 2.45) is 0 Å². The van der Waals surface area contributed by atoms with E-state index in [2.05, 4.69) is 15.4 Å². The van der Waals surface area contributed by atoms with Gasteiger partial charge in [-0.1, -0.05) is 48.5 Å². The predicted octanol–water partition coefficient (Wildman–Crippen LogP) is 6.51. The van der Waals surface area contributed by atoms with Gasteiger partial charge in [0, 0.05) is 60.9 Å². The number of ether oxygens (including phenoxy) is 1. The minimum atomic E-state index is -1.07. The van der Waals surface area contributed by atoms with Crippen LogP contribution in [0.1, 0.15) is 96.5 Å². The standard InChI is InChI=1S/C42H44Cl2FN7O8/c43-30-10-11-31(45)38(44)28(30)16-20-58-34-21-25(22-47-39(34)46)26-23-48-51(24-26)27-14-17-50(18-15-27)36(54)9-4-2-1-3-5-19-59-60-33-8-6-7-29-37(33)42(57)52(41(29)56)32-12-13-35(53)49-40(32)55/h6-8,10-11,21-24,27,32H,1-5,9,12-20H2,(H2,46,47)(H,49,53,55)/t32-/m1/s1. The van der Waals surface area contributed by atoms with E-state index in [4.69, 9.17) is 43.4 Å². The lowest BCUT2D eigenvalue weighted by atomic mass is 10.0. The molecule has 5 heterocycles. The SMILES string of the molecule is Nc1ncc(-c2cnn(C3CCN(C(=O)CCCCCCCOOc4cccc5c4C(=O)N([C@@H]4CCC(=O)NC4=O)C5=O)CC3)c2)cc1OCCc1c(Cl)ccc(F)c1Cl. The number of piperidine rings is 2. The van der Waals surface area contributed by atoms with Crippen LogP contribution < -0.4 is 20.7 Å². The molecule has 316 valence electrons. The van der Waals surface area contributed by atoms with Gasteiger partial charge in [-0.3, -0.25) is 38.9 Å². The molecule has 5 amide bonds. The van der Waals surface area contributed by atoms with Crippen LogP contribution >= 0.6 is 23.2 Å². The minimum Gasteiger partial charge on any atom is -0.489 e. The molecule has 2 saturated heterocycles. The van der Waals surface area contributed by atoms with Crippen molar-refractivity contribution in [2.45, 2.75) is 82.7 Å². The molecule has 3 aliphatic rings. The number of likely N-dealkylation sites (tertiary alicyclic amines) is 1. The molecule has 3 N–H and O–H groups in total. The molecule has 0 spiro atoms. The topological polar surface area (TPSA) is 188 Å². The number of fused-ring (bicyclic) bond motifs is 1. The molecule has 4 aromatic rings. The molecule has 60 heavy (non-hydrogen) atoms. The lowest BCUT2D eigenvalue weighted by molar-refractivity contribution is -0.207. The van der Waals surface area contributed by atoms with Crippen molar-refractivity contribution in [3.05, 3.63) is 87.5 Å². The van der Waals surface area contributed by atoms with E-state index in [0.29, 0.717) is 42.3 Å². The van der Waals surface area contributed by atoms with Crippen LogP contribution in [0.15, 0.2) is 55.0 Å². The minimum absolute atomic E-state index is 0.0283. The number of halogens is 3. The number of imide groups is 2. The number of pyridine rings is 1. The van der Waals surface area contributed by atoms with E-state index in [-0.39, 0.29) is 72.1 Å². The fraction of sp³-hybridized carbons (Fsp3) is 0.405. The van der Waals surface area contributed by atoms with Crippen LogP contribution in [-0.4, -0.2) is 86.4 Å². The van der Waals surface area contributed by atoms with Crippen molar-refractivity contribution in [2.75, 3.05) is 32.0 Å². The van der Waals surface area contributed by atoms with E-state index in [1.54, 1.807) is 24.5 Å². The Hall–Kier alpha value is -5.58. The van der Waals surface area contributed by atoms with Crippen molar-refractivity contribution in [1.82, 2.24) is 29.9 Å². The number of nitrogen functional groups attached to an aromatic ring is 1. The number of benzene rings is 2. The molecule has 7 rings (SSSR count). The van der Waals surface area contributed by atoms with Gasteiger partial charge in [0.15, 0.2) is 17.3 Å². The summed E-state index contributed by atoms with van der Waals surface area (Å²) in [6.45, 7) is 1.71. The number of nitrogens with two attached hydrogens (primary N) is 1. The maximum absolute atomic E-state index is 13.9. The average molecular weight is 865 g/mol. The molecule has 0 unspecified atom stereocenters. The van der Waals surface area contributed by atoms with Crippen LogP contribution in [0.5, 0.6) is 11.5 Å². The molecule has 3 aliphatic heterocycles. The van der Waals surface area contributed by atoms with Gasteiger partial charge in [0.05, 0.1) is 41.6 Å². The normalized spacial score (nSPS) is 16.9. The van der Waals surface area contributed by atoms with Gasteiger partial charge in [0.1, 0.15) is 11.9 Å². The van der Waals surface area contributed by atoms with Crippen molar-refractivity contribution in [1.29, 1.82) is 0 Å². The third-order valence-corrected chi connectivity index (χ3v) is 11.7. The Kier molecular flexibility index (Phi) is 13.6. The van der Waals surface area contributed by atoms with Gasteiger partial charge in [-0.2, -0.15) is 9.99 Å². The Morgan fingerprint density at radius 2 is 1.70 bits per heavy atom. The Morgan fingerprint density at radius 3 is 2.50 bits per heavy atom. The molecule has 1 atom stereocenters. The number of hydrogen-bond acceptors (Lipinski definition) is 11. The van der Waals surface area contributed by atoms with Crippen molar-refractivity contribution in [3.8, 4) is 22.6 Å². The first kappa shape index (κ1) is 42.5. The summed E-state index contributed by atoms with van der Waals surface area (Å²) in [6.07, 6.45) is 11.9. The number of anilines is 1. The summed E-state index contributed by atoms with van der Waals surface area (Å²) in [7, 11) is 0. The van der Waals surface area contributed by atoms with E-state index < -0.39 is 35.5 Å². The molecule has 0 aliphatic carbocycles. The van der Waals surface area contributed by atoms with Crippen LogP contribution in [0.3, 0.4) is 0 Å². The highest BCUT2D eigenvalue weighted by Crippen LogP contribution is 2.35. The summed E-state index contributed by atoms with van der Waals surface area (Å²) in [6, 6.07) is 8.12. The summed E-state index contributed by atoms with van der Waals surface area (Å²) in [5.74, 6) is -2.13. The molecular weight excluding hydrogens is 820 g/mol. The number of unbranched alkanes of at least 4 members (excludes halogenated alkanes) is 4. The lowest BCUT2D eigenvalue weighted by Gasteiger charge is -2.32. The third kappa shape index (κ3) is 9.56. The van der Waals surface area contributed by atoms with E-state index in [1.807, 2.05) is 15.8 Å². The summed E-state index contributed by atoms with van der Waals surface area (Å²) in [5, 5.41) is 7.11. The van der Waals surface area contributed by atoms with Gasteiger partial charge in [0.2, 0.25) is 17.7 Å². The van der Waals surface area contributed by atoms with Crippen LogP contribution in [0.25, 0.3) is 11.1 Å². The zero-order chi connectivity index (χ0) is 42.3. The monoisotopic (exact) mass is 863 g/mol. The number of carbonyl (C=O) groups excluding carboxylic acids is 5. The Morgan fingerprint density at radius 1 is 0.917 bits per heavy atom. The molecule has 15 nitrogen and oxygen atoms in total. The van der Waals surface area contributed by atoms with E-state index in [9.17, 15) is 28.4 Å². The van der Waals surface area contributed by atoms with Gasteiger partial charge in [0.25, 0.3) is 11.8 Å². The van der Waals surface area contributed by atoms with Gasteiger partial charge < -0.3 is 20.3 Å². The fourth-order valence-corrected chi connectivity index (χ4v) is 8.20. The van der Waals surface area contributed by atoms with Crippen LogP contribution in [0.2, 0.25) is 10.0 Å². The van der Waals surface area contributed by atoms with Crippen LogP contribution in [-0.2, 0) is 25.7 Å². The summed E-state index contributed by atoms with van der Waals surface area (Å²) in [4.78, 5) is 81.0. The number of amides is 5. The maximum atomic E-state index is 13.9. The van der Waals surface area contributed by atoms with Crippen molar-refractivity contribution in [3.63, 3.8) is 0 Å². The number of hydrogen-bond donors (Lipinski definition) is 2. The van der Waals surface area contributed by atoms with E-state index in [0.717, 1.165) is 54.6 Å². The van der Waals surface area contributed by atoms with Crippen molar-refractivity contribution < 1.29 is 42.9 Å². The van der Waals surface area contributed by atoms with Crippen LogP contribution in [0.4, 0.5) is 10.2 Å². The second-order valence-corrected chi connectivity index (χ2v) is 15.7. The summed E-state index contributed by atoms with van der Waals surface area (Å²) >= 11 is 12.3. The molecule has 0 saturated carbocycles. The van der Waals surface area contributed by atoms with Crippen LogP contribution in [0, 0.1) is 5.82 Å². The smallest absolute Gasteiger partial charge is 0.266 e. The second kappa shape index (κ2) is 19.2. The Balaban J connectivity index is 0.778. The molecule has 2 aromatic carbocycles. The fourth-order valence-electron chi connectivity index (χ4n) is 7.64. The first-order chi connectivity index (χ1) is 29.0. The van der Waals surface area contributed by atoms with E-state index in [1.165, 1.54) is 24.3 Å². The van der Waals surface area contributed by atoms with Gasteiger partial charge in [-0.05, 0) is 68.0 Å². The maximum Gasteiger partial charge on any atom is 0.266 e. The summed E-state index contributed by atoms with van der Waals surface area (Å²) in [5.41, 5.74) is 8.29. The zero-order valence-corrected chi connectivity index (χ0v) is 34.2. The van der Waals surface area contributed by atoms with Crippen molar-refractivity contribution >= 4 is 58.6 Å². The number of nitrogens with one attached hydrogen (secondary N) is 1. The largest absolute Gasteiger partial charge is 0.489 e. The van der Waals surface area contributed by atoms with Gasteiger partial charge in [-0.15, -0.1) is 0 Å². The molecular formula is C42H44Cl2FN7O8. The highest BCUT2D eigenvalue weighted by atomic mass is 35.5. The first-order valence-corrected chi connectivity index (χ1v) is 20.7. The lowest BCUT2D eigenvalue weighted by Crippen LogP contribution is -2.54. The molecule has 0 bridgehead atoms. The highest BCUT2D eigenvalue weighted by molar-refractivity contribution is 6.36.